The second-order valence-electron chi connectivity index (χ2n) is 6.57. The molecular weight excluding hydrogens is 294 g/mol. The van der Waals surface area contributed by atoms with E-state index in [0.29, 0.717) is 6.04 Å². The Kier molecular flexibility index (Phi) is 4.82. The number of carbonyl (C=O) groups is 1. The maximum Gasteiger partial charge on any atom is 0.251 e. The Labute approximate surface area is 136 Å². The molecule has 0 aromatic carbocycles. The topological polar surface area (TPSA) is 54.8 Å². The number of hydrogen-bond donors (Lipinski definition) is 0. The van der Waals surface area contributed by atoms with Gasteiger partial charge < -0.3 is 14.2 Å². The van der Waals surface area contributed by atoms with Gasteiger partial charge in [0.1, 0.15) is 6.54 Å². The fourth-order valence-corrected chi connectivity index (χ4v) is 3.44. The fourth-order valence-electron chi connectivity index (χ4n) is 3.44. The van der Waals surface area contributed by atoms with Gasteiger partial charge in [0, 0.05) is 58.0 Å². The van der Waals surface area contributed by atoms with Crippen molar-refractivity contribution in [1.29, 1.82) is 0 Å². The van der Waals surface area contributed by atoms with Crippen molar-refractivity contribution in [3.8, 4) is 0 Å². The molecule has 6 heteroatoms. The third-order valence-corrected chi connectivity index (χ3v) is 4.91. The van der Waals surface area contributed by atoms with Gasteiger partial charge in [0.15, 0.2) is 0 Å². The molecule has 1 amide bonds. The van der Waals surface area contributed by atoms with Crippen molar-refractivity contribution in [2.75, 3.05) is 40.4 Å². The molecule has 0 bridgehead atoms. The standard InChI is InChI=1S/C17H25N3O3/c1-18(2)17(22)11-20-15-6-9-19(14-7-10-23-12-14)8-5-13(15)3-4-16(20)21/h3-4,14H,5-12H2,1-2H3/t14-/m1/s1. The zero-order chi connectivity index (χ0) is 16.4. The van der Waals surface area contributed by atoms with E-state index in [1.165, 1.54) is 10.5 Å². The van der Waals surface area contributed by atoms with Crippen molar-refractivity contribution in [2.24, 2.45) is 0 Å². The summed E-state index contributed by atoms with van der Waals surface area (Å²) in [5, 5.41) is 0. The summed E-state index contributed by atoms with van der Waals surface area (Å²) in [6, 6.07) is 4.02. The van der Waals surface area contributed by atoms with Crippen molar-refractivity contribution >= 4 is 5.91 Å². The zero-order valence-electron chi connectivity index (χ0n) is 14.0. The molecule has 1 aromatic rings. The summed E-state index contributed by atoms with van der Waals surface area (Å²) in [4.78, 5) is 28.3. The lowest BCUT2D eigenvalue weighted by atomic mass is 10.1. The van der Waals surface area contributed by atoms with Crippen LogP contribution in [0.3, 0.4) is 0 Å². The average Bonchev–Trinajstić information content (AvgIpc) is 2.97. The molecule has 2 aliphatic heterocycles. The first kappa shape index (κ1) is 16.2. The normalized spacial score (nSPS) is 21.7. The maximum atomic E-state index is 12.3. The molecule has 0 aliphatic carbocycles. The second-order valence-corrected chi connectivity index (χ2v) is 6.57. The highest BCUT2D eigenvalue weighted by Gasteiger charge is 2.26. The van der Waals surface area contributed by atoms with Crippen LogP contribution in [0.15, 0.2) is 16.9 Å². The highest BCUT2D eigenvalue weighted by atomic mass is 16.5. The van der Waals surface area contributed by atoms with Crippen LogP contribution in [0.1, 0.15) is 17.7 Å². The number of amides is 1. The molecule has 3 rings (SSSR count). The summed E-state index contributed by atoms with van der Waals surface area (Å²) in [6.07, 6.45) is 2.81. The Balaban J connectivity index is 1.83. The van der Waals surface area contributed by atoms with Gasteiger partial charge in [-0.1, -0.05) is 6.07 Å². The van der Waals surface area contributed by atoms with Gasteiger partial charge in [-0.25, -0.2) is 0 Å². The van der Waals surface area contributed by atoms with Crippen LogP contribution in [0, 0.1) is 0 Å². The molecule has 23 heavy (non-hydrogen) atoms. The van der Waals surface area contributed by atoms with E-state index >= 15 is 0 Å². The average molecular weight is 319 g/mol. The fraction of sp³-hybridized carbons (Fsp3) is 0.647. The molecule has 1 saturated heterocycles. The molecule has 1 aromatic heterocycles. The molecule has 0 spiro atoms. The van der Waals surface area contributed by atoms with Crippen molar-refractivity contribution in [1.82, 2.24) is 14.4 Å². The summed E-state index contributed by atoms with van der Waals surface area (Å²) >= 11 is 0. The second kappa shape index (κ2) is 6.84. The molecule has 2 aliphatic rings. The number of aromatic nitrogens is 1. The Morgan fingerprint density at radius 2 is 2.09 bits per heavy atom. The Morgan fingerprint density at radius 3 is 2.78 bits per heavy atom. The number of likely N-dealkylation sites (N-methyl/N-ethyl adjacent to an activating group) is 1. The summed E-state index contributed by atoms with van der Waals surface area (Å²) in [7, 11) is 3.44. The van der Waals surface area contributed by atoms with Crippen molar-refractivity contribution in [2.45, 2.75) is 31.8 Å². The minimum atomic E-state index is -0.0865. The van der Waals surface area contributed by atoms with Gasteiger partial charge in [0.2, 0.25) is 5.91 Å². The van der Waals surface area contributed by atoms with E-state index in [2.05, 4.69) is 4.90 Å². The van der Waals surface area contributed by atoms with Gasteiger partial charge in [0.25, 0.3) is 5.56 Å². The van der Waals surface area contributed by atoms with Gasteiger partial charge >= 0.3 is 0 Å². The van der Waals surface area contributed by atoms with E-state index in [1.54, 1.807) is 24.7 Å². The van der Waals surface area contributed by atoms with E-state index in [1.807, 2.05) is 6.07 Å². The zero-order valence-corrected chi connectivity index (χ0v) is 14.0. The Morgan fingerprint density at radius 1 is 1.30 bits per heavy atom. The number of hydrogen-bond acceptors (Lipinski definition) is 4. The molecule has 3 heterocycles. The van der Waals surface area contributed by atoms with Crippen LogP contribution < -0.4 is 5.56 Å². The first-order chi connectivity index (χ1) is 11.1. The third-order valence-electron chi connectivity index (χ3n) is 4.91. The monoisotopic (exact) mass is 319 g/mol. The highest BCUT2D eigenvalue weighted by molar-refractivity contribution is 5.75. The smallest absolute Gasteiger partial charge is 0.251 e. The van der Waals surface area contributed by atoms with Crippen molar-refractivity contribution in [3.63, 3.8) is 0 Å². The van der Waals surface area contributed by atoms with Crippen LogP contribution >= 0.6 is 0 Å². The van der Waals surface area contributed by atoms with Crippen molar-refractivity contribution < 1.29 is 9.53 Å². The number of rotatable bonds is 3. The van der Waals surface area contributed by atoms with E-state index in [9.17, 15) is 9.59 Å². The molecule has 6 nitrogen and oxygen atoms in total. The van der Waals surface area contributed by atoms with E-state index < -0.39 is 0 Å². The quantitative estimate of drug-likeness (QED) is 0.794. The highest BCUT2D eigenvalue weighted by Crippen LogP contribution is 2.19. The van der Waals surface area contributed by atoms with Gasteiger partial charge in [-0.3, -0.25) is 14.5 Å². The summed E-state index contributed by atoms with van der Waals surface area (Å²) in [5.41, 5.74) is 2.13. The summed E-state index contributed by atoms with van der Waals surface area (Å²) in [6.45, 7) is 3.68. The van der Waals surface area contributed by atoms with E-state index in [0.717, 1.165) is 51.3 Å². The number of ether oxygens (including phenoxy) is 1. The lowest BCUT2D eigenvalue weighted by Gasteiger charge is -2.25. The summed E-state index contributed by atoms with van der Waals surface area (Å²) in [5.74, 6) is -0.0502. The molecular formula is C17H25N3O3. The largest absolute Gasteiger partial charge is 0.380 e. The number of fused-ring (bicyclic) bond motifs is 1. The number of nitrogens with zero attached hydrogens (tertiary/aromatic N) is 3. The summed E-state index contributed by atoms with van der Waals surface area (Å²) < 4.78 is 7.16. The predicted molar refractivity (Wildman–Crippen MR) is 87.6 cm³/mol. The Bertz CT molecular complexity index is 632. The van der Waals surface area contributed by atoms with Crippen LogP contribution in [0.25, 0.3) is 0 Å². The Hall–Kier alpha value is -1.66. The van der Waals surface area contributed by atoms with Crippen LogP contribution in [-0.2, 0) is 28.9 Å². The first-order valence-corrected chi connectivity index (χ1v) is 8.30. The molecule has 0 unspecified atom stereocenters. The number of pyridine rings is 1. The van der Waals surface area contributed by atoms with Gasteiger partial charge in [-0.2, -0.15) is 0 Å². The van der Waals surface area contributed by atoms with Crippen molar-refractivity contribution in [3.05, 3.63) is 33.7 Å². The van der Waals surface area contributed by atoms with Crippen LogP contribution in [0.5, 0.6) is 0 Å². The predicted octanol–water partition coefficient (Wildman–Crippen LogP) is 0.126. The lowest BCUT2D eigenvalue weighted by molar-refractivity contribution is -0.129. The van der Waals surface area contributed by atoms with Crippen LogP contribution in [0.2, 0.25) is 0 Å². The molecule has 1 atom stereocenters. The van der Waals surface area contributed by atoms with Gasteiger partial charge in [-0.05, 0) is 18.4 Å². The van der Waals surface area contributed by atoms with E-state index in [4.69, 9.17) is 4.74 Å². The van der Waals surface area contributed by atoms with Gasteiger partial charge in [-0.15, -0.1) is 0 Å². The third kappa shape index (κ3) is 3.48. The van der Waals surface area contributed by atoms with Crippen LogP contribution in [-0.4, -0.2) is 66.7 Å². The SMILES string of the molecule is CN(C)C(=O)Cn1c2c(ccc1=O)CCN([C@@H]1CCOC1)CC2. The minimum Gasteiger partial charge on any atom is -0.380 e. The van der Waals surface area contributed by atoms with Gasteiger partial charge in [0.05, 0.1) is 6.61 Å². The first-order valence-electron chi connectivity index (χ1n) is 8.30. The molecule has 0 radical (unpaired) electrons. The van der Waals surface area contributed by atoms with Crippen LogP contribution in [0.4, 0.5) is 0 Å². The lowest BCUT2D eigenvalue weighted by Crippen LogP contribution is -2.37. The number of carbonyl (C=O) groups excluding carboxylic acids is 1. The van der Waals surface area contributed by atoms with E-state index in [-0.39, 0.29) is 18.0 Å². The molecule has 0 N–H and O–H groups in total. The molecule has 1 fully saturated rings. The molecule has 126 valence electrons. The molecule has 0 saturated carbocycles. The maximum absolute atomic E-state index is 12.3. The minimum absolute atomic E-state index is 0.0502.